The van der Waals surface area contributed by atoms with Crippen molar-refractivity contribution in [3.63, 3.8) is 0 Å². The molecule has 0 saturated heterocycles. The molecule has 0 saturated carbocycles. The molecule has 0 amide bonds. The van der Waals surface area contributed by atoms with Crippen molar-refractivity contribution in [3.05, 3.63) is 0 Å². The van der Waals surface area contributed by atoms with E-state index < -0.39 is 0 Å². The molecule has 1 aliphatic heterocycles. The fraction of sp³-hybridized carbons (Fsp3) is 0.714. The van der Waals surface area contributed by atoms with Crippen LogP contribution in [-0.4, -0.2) is 29.4 Å². The minimum Gasteiger partial charge on any atom is -0.464 e. The predicted octanol–water partition coefficient (Wildman–Crippen LogP) is 1.08. The van der Waals surface area contributed by atoms with Crippen LogP contribution in [0.1, 0.15) is 13.8 Å². The van der Waals surface area contributed by atoms with Crippen LogP contribution >= 0.6 is 11.8 Å². The summed E-state index contributed by atoms with van der Waals surface area (Å²) in [6.07, 6.45) is 0. The highest BCUT2D eigenvalue weighted by Crippen LogP contribution is 2.31. The van der Waals surface area contributed by atoms with Crippen LogP contribution in [-0.2, 0) is 9.53 Å². The third-order valence-electron chi connectivity index (χ3n) is 1.34. The number of aliphatic imine (C=N–C) groups is 1. The molecule has 3 nitrogen and oxygen atoms in total. The minimum absolute atomic E-state index is 0.0591. The zero-order valence-corrected chi connectivity index (χ0v) is 7.70. The van der Waals surface area contributed by atoms with Crippen LogP contribution in [0.25, 0.3) is 0 Å². The molecule has 0 N–H and O–H groups in total. The molecule has 0 aliphatic carbocycles. The number of hydrogen-bond acceptors (Lipinski definition) is 4. The van der Waals surface area contributed by atoms with E-state index >= 15 is 0 Å². The molecule has 4 heteroatoms. The Morgan fingerprint density at radius 2 is 2.36 bits per heavy atom. The molecular weight excluding hydrogens is 162 g/mol. The Morgan fingerprint density at radius 3 is 2.73 bits per heavy atom. The molecule has 0 fully saturated rings. The second-order valence-electron chi connectivity index (χ2n) is 2.97. The molecule has 0 atom stereocenters. The predicted molar refractivity (Wildman–Crippen MR) is 46.0 cm³/mol. The van der Waals surface area contributed by atoms with Crippen LogP contribution in [0.2, 0.25) is 0 Å². The number of ether oxygens (including phenoxy) is 1. The van der Waals surface area contributed by atoms with Crippen LogP contribution in [0.5, 0.6) is 0 Å². The van der Waals surface area contributed by atoms with Crippen molar-refractivity contribution in [2.45, 2.75) is 18.6 Å². The lowest BCUT2D eigenvalue weighted by Gasteiger charge is -2.12. The molecule has 1 rings (SSSR count). The standard InChI is InChI=1S/C7H11NO2S/c1-7(2)4-8-5(11-7)6(9)10-3/h4H2,1-3H3. The van der Waals surface area contributed by atoms with Gasteiger partial charge in [0.2, 0.25) is 0 Å². The number of hydrogen-bond donors (Lipinski definition) is 0. The summed E-state index contributed by atoms with van der Waals surface area (Å²) in [7, 11) is 1.37. The third kappa shape index (κ3) is 1.96. The summed E-state index contributed by atoms with van der Waals surface area (Å²) in [4.78, 5) is 15.0. The van der Waals surface area contributed by atoms with Crippen molar-refractivity contribution >= 4 is 22.8 Å². The highest BCUT2D eigenvalue weighted by molar-refractivity contribution is 8.17. The third-order valence-corrected chi connectivity index (χ3v) is 2.51. The summed E-state index contributed by atoms with van der Waals surface area (Å²) in [5, 5.41) is 0.498. The topological polar surface area (TPSA) is 38.7 Å². The molecule has 0 radical (unpaired) electrons. The second kappa shape index (κ2) is 2.85. The van der Waals surface area contributed by atoms with Crippen molar-refractivity contribution in [2.24, 2.45) is 4.99 Å². The minimum atomic E-state index is -0.319. The lowest BCUT2D eigenvalue weighted by molar-refractivity contribution is -0.132. The van der Waals surface area contributed by atoms with Crippen molar-refractivity contribution in [1.82, 2.24) is 0 Å². The van der Waals surface area contributed by atoms with E-state index in [1.807, 2.05) is 0 Å². The van der Waals surface area contributed by atoms with Gasteiger partial charge >= 0.3 is 5.97 Å². The van der Waals surface area contributed by atoms with Gasteiger partial charge in [-0.3, -0.25) is 4.99 Å². The normalized spacial score (nSPS) is 21.2. The van der Waals surface area contributed by atoms with Crippen molar-refractivity contribution < 1.29 is 9.53 Å². The van der Waals surface area contributed by atoms with Gasteiger partial charge in [0.15, 0.2) is 5.04 Å². The summed E-state index contributed by atoms with van der Waals surface area (Å²) in [5.41, 5.74) is 0. The number of nitrogens with zero attached hydrogens (tertiary/aromatic N) is 1. The van der Waals surface area contributed by atoms with Gasteiger partial charge in [-0.2, -0.15) is 0 Å². The molecule has 11 heavy (non-hydrogen) atoms. The first-order valence-electron chi connectivity index (χ1n) is 3.37. The summed E-state index contributed by atoms with van der Waals surface area (Å²) in [6, 6.07) is 0. The molecule has 0 unspecified atom stereocenters. The molecule has 0 aromatic carbocycles. The van der Waals surface area contributed by atoms with Gasteiger partial charge in [-0.05, 0) is 13.8 Å². The summed E-state index contributed by atoms with van der Waals surface area (Å²) in [5.74, 6) is -0.319. The average molecular weight is 173 g/mol. The molecule has 0 aromatic heterocycles. The number of rotatable bonds is 1. The van der Waals surface area contributed by atoms with Crippen LogP contribution in [0.3, 0.4) is 0 Å². The Bertz CT molecular complexity index is 210. The summed E-state index contributed by atoms with van der Waals surface area (Å²) in [6.45, 7) is 4.80. The van der Waals surface area contributed by atoms with E-state index in [1.54, 1.807) is 0 Å². The molecule has 0 bridgehead atoms. The number of esters is 1. The Hall–Kier alpha value is -0.510. The molecule has 1 aliphatic rings. The lowest BCUT2D eigenvalue weighted by atomic mass is 10.2. The van der Waals surface area contributed by atoms with Gasteiger partial charge in [-0.25, -0.2) is 4.79 Å². The van der Waals surface area contributed by atoms with Gasteiger partial charge in [0.1, 0.15) is 0 Å². The van der Waals surface area contributed by atoms with Gasteiger partial charge in [0.25, 0.3) is 0 Å². The molecular formula is C7H11NO2S. The maximum Gasteiger partial charge on any atom is 0.362 e. The number of thioether (sulfide) groups is 1. The van der Waals surface area contributed by atoms with E-state index in [4.69, 9.17) is 0 Å². The Morgan fingerprint density at radius 1 is 1.73 bits per heavy atom. The van der Waals surface area contributed by atoms with E-state index in [-0.39, 0.29) is 10.7 Å². The van der Waals surface area contributed by atoms with Crippen molar-refractivity contribution in [3.8, 4) is 0 Å². The Kier molecular flexibility index (Phi) is 2.23. The quantitative estimate of drug-likeness (QED) is 0.557. The smallest absolute Gasteiger partial charge is 0.362 e. The summed E-state index contributed by atoms with van der Waals surface area (Å²) >= 11 is 1.48. The van der Waals surface area contributed by atoms with Gasteiger partial charge in [0.05, 0.1) is 13.7 Å². The first kappa shape index (κ1) is 8.59. The number of carbonyl (C=O) groups is 1. The number of carbonyl (C=O) groups excluding carboxylic acids is 1. The van der Waals surface area contributed by atoms with E-state index in [0.717, 1.165) is 0 Å². The first-order chi connectivity index (χ1) is 5.05. The largest absolute Gasteiger partial charge is 0.464 e. The lowest BCUT2D eigenvalue weighted by Crippen LogP contribution is -2.17. The molecule has 0 aromatic rings. The van der Waals surface area contributed by atoms with E-state index in [9.17, 15) is 4.79 Å². The zero-order chi connectivity index (χ0) is 8.48. The molecule has 0 spiro atoms. The van der Waals surface area contributed by atoms with E-state index in [0.29, 0.717) is 11.6 Å². The molecule has 1 heterocycles. The van der Waals surface area contributed by atoms with Gasteiger partial charge < -0.3 is 4.74 Å². The van der Waals surface area contributed by atoms with Crippen molar-refractivity contribution in [2.75, 3.05) is 13.7 Å². The van der Waals surface area contributed by atoms with Crippen LogP contribution < -0.4 is 0 Å². The van der Waals surface area contributed by atoms with Gasteiger partial charge in [-0.1, -0.05) is 11.8 Å². The Labute approximate surface area is 70.2 Å². The highest BCUT2D eigenvalue weighted by atomic mass is 32.2. The molecule has 62 valence electrons. The van der Waals surface area contributed by atoms with Crippen molar-refractivity contribution in [1.29, 1.82) is 0 Å². The second-order valence-corrected chi connectivity index (χ2v) is 4.67. The number of methoxy groups -OCH3 is 1. The average Bonchev–Trinajstić information content (AvgIpc) is 2.29. The maximum absolute atomic E-state index is 10.9. The highest BCUT2D eigenvalue weighted by Gasteiger charge is 2.31. The first-order valence-corrected chi connectivity index (χ1v) is 4.18. The van der Waals surface area contributed by atoms with Gasteiger partial charge in [0, 0.05) is 4.75 Å². The monoisotopic (exact) mass is 173 g/mol. The summed E-state index contributed by atoms with van der Waals surface area (Å²) < 4.78 is 4.60. The van der Waals surface area contributed by atoms with Gasteiger partial charge in [-0.15, -0.1) is 0 Å². The van der Waals surface area contributed by atoms with E-state index in [2.05, 4.69) is 23.6 Å². The van der Waals surface area contributed by atoms with E-state index in [1.165, 1.54) is 18.9 Å². The fourth-order valence-electron chi connectivity index (χ4n) is 0.782. The fourth-order valence-corrected chi connectivity index (χ4v) is 1.73. The SMILES string of the molecule is COC(=O)C1=NCC(C)(C)S1. The van der Waals surface area contributed by atoms with Crippen LogP contribution in [0.4, 0.5) is 0 Å². The maximum atomic E-state index is 10.9. The zero-order valence-electron chi connectivity index (χ0n) is 6.88. The van der Waals surface area contributed by atoms with Crippen LogP contribution in [0.15, 0.2) is 4.99 Å². The Balaban J connectivity index is 2.60. The van der Waals surface area contributed by atoms with Crippen LogP contribution in [0, 0.1) is 0 Å².